The first-order chi connectivity index (χ1) is 11.1. The van der Waals surface area contributed by atoms with Gasteiger partial charge in [-0.2, -0.15) is 15.3 Å². The number of azo groups is 2. The van der Waals surface area contributed by atoms with Crippen molar-refractivity contribution in [3.8, 4) is 5.75 Å². The van der Waals surface area contributed by atoms with Gasteiger partial charge in [0.15, 0.2) is 12.4 Å². The second-order valence-corrected chi connectivity index (χ2v) is 5.42. The zero-order chi connectivity index (χ0) is 16.8. The topological polar surface area (TPSA) is 108 Å². The summed E-state index contributed by atoms with van der Waals surface area (Å²) in [6.45, 7) is 3.99. The summed E-state index contributed by atoms with van der Waals surface area (Å²) in [6, 6.07) is 5.59. The number of hydrogen-bond donors (Lipinski definition) is 2. The number of aromatic hydroxyl groups is 1. The molecule has 122 valence electrons. The van der Waals surface area contributed by atoms with Crippen LogP contribution in [0, 0.1) is 13.8 Å². The molecule has 0 aliphatic heterocycles. The zero-order valence-corrected chi connectivity index (χ0v) is 13.7. The van der Waals surface area contributed by atoms with Gasteiger partial charge in [-0.15, -0.1) is 9.45 Å². The Kier molecular flexibility index (Phi) is 5.99. The summed E-state index contributed by atoms with van der Waals surface area (Å²) in [5.74, 6) is -0.0353. The summed E-state index contributed by atoms with van der Waals surface area (Å²) in [6.07, 6.45) is 0. The normalized spacial score (nSPS) is 12.0. The van der Waals surface area contributed by atoms with Crippen LogP contribution in [0.5, 0.6) is 5.75 Å². The lowest BCUT2D eigenvalue weighted by Crippen LogP contribution is -1.86. The van der Waals surface area contributed by atoms with E-state index in [0.717, 1.165) is 16.5 Å². The molecule has 0 atom stereocenters. The molecule has 0 radical (unpaired) electrons. The molecule has 8 nitrogen and oxygen atoms in total. The molecular weight excluding hydrogens is 320 g/mol. The molecule has 0 bridgehead atoms. The van der Waals surface area contributed by atoms with Crippen LogP contribution < -0.4 is 0 Å². The Morgan fingerprint density at radius 2 is 1.87 bits per heavy atom. The van der Waals surface area contributed by atoms with Crippen molar-refractivity contribution in [2.45, 2.75) is 18.7 Å². The molecule has 2 rings (SSSR count). The van der Waals surface area contributed by atoms with E-state index in [1.807, 2.05) is 26.0 Å². The number of rotatable bonds is 6. The third kappa shape index (κ3) is 4.02. The predicted octanol–water partition coefficient (Wildman–Crippen LogP) is 4.71. The average molecular weight is 336 g/mol. The number of aryl methyl sites for hydroxylation is 2. The molecule has 0 aromatic heterocycles. The first-order valence-corrected chi connectivity index (χ1v) is 7.37. The first kappa shape index (κ1) is 17.3. The number of nitrogens with zero attached hydrogens (tertiary/aromatic N) is 4. The van der Waals surface area contributed by atoms with Gasteiger partial charge >= 0.3 is 0 Å². The Morgan fingerprint density at radius 1 is 1.13 bits per heavy atom. The van der Waals surface area contributed by atoms with Crippen molar-refractivity contribution in [3.63, 3.8) is 0 Å². The molecular formula is C14H16N4O4S. The highest BCUT2D eigenvalue weighted by Gasteiger charge is 2.15. The Hall–Kier alpha value is -2.07. The molecule has 9 heteroatoms. The number of fused-ring (bicyclic) bond motifs is 1. The Morgan fingerprint density at radius 3 is 2.57 bits per heavy atom. The van der Waals surface area contributed by atoms with Gasteiger partial charge in [-0.25, -0.2) is 5.26 Å². The van der Waals surface area contributed by atoms with Gasteiger partial charge in [0.2, 0.25) is 0 Å². The Bertz CT molecular complexity index is 764. The van der Waals surface area contributed by atoms with Crippen molar-refractivity contribution in [3.05, 3.63) is 29.3 Å². The highest BCUT2D eigenvalue weighted by Crippen LogP contribution is 2.44. The molecule has 0 aliphatic carbocycles. The van der Waals surface area contributed by atoms with Gasteiger partial charge in [-0.1, -0.05) is 11.1 Å². The van der Waals surface area contributed by atoms with Crippen LogP contribution >= 0.6 is 12.0 Å². The van der Waals surface area contributed by atoms with Crippen LogP contribution in [-0.4, -0.2) is 24.1 Å². The van der Waals surface area contributed by atoms with Gasteiger partial charge in [-0.05, 0) is 42.5 Å². The minimum Gasteiger partial charge on any atom is -0.505 e. The standard InChI is InChI=1S/C14H16N4O4S/c1-8-4-10-6-12(23-22-21-20)13(18-17-7-16-15-3)14(19)11(10)5-9(8)2/h4-6,19-20H,7H2,1-3H3. The number of phenolic OH excluding ortho intramolecular Hbond substituents is 1. The van der Waals surface area contributed by atoms with Crippen molar-refractivity contribution >= 4 is 28.5 Å². The van der Waals surface area contributed by atoms with Crippen LogP contribution in [0.15, 0.2) is 43.6 Å². The number of benzene rings is 2. The van der Waals surface area contributed by atoms with Crippen molar-refractivity contribution < 1.29 is 19.7 Å². The summed E-state index contributed by atoms with van der Waals surface area (Å²) < 4.78 is 4.46. The highest BCUT2D eigenvalue weighted by atomic mass is 32.2. The minimum atomic E-state index is -0.0353. The monoisotopic (exact) mass is 336 g/mol. The highest BCUT2D eigenvalue weighted by molar-refractivity contribution is 7.94. The van der Waals surface area contributed by atoms with Crippen LogP contribution in [-0.2, 0) is 9.37 Å². The van der Waals surface area contributed by atoms with Crippen molar-refractivity contribution in [1.82, 2.24) is 0 Å². The fourth-order valence-corrected chi connectivity index (χ4v) is 2.52. The number of phenols is 1. The van der Waals surface area contributed by atoms with E-state index in [1.54, 1.807) is 6.07 Å². The van der Waals surface area contributed by atoms with Crippen molar-refractivity contribution in [2.24, 2.45) is 20.5 Å². The third-order valence-electron chi connectivity index (χ3n) is 3.26. The molecule has 0 unspecified atom stereocenters. The molecule has 0 amide bonds. The van der Waals surface area contributed by atoms with Crippen LogP contribution in [0.2, 0.25) is 0 Å². The van der Waals surface area contributed by atoms with E-state index in [2.05, 4.69) is 29.8 Å². The average Bonchev–Trinajstić information content (AvgIpc) is 2.53. The summed E-state index contributed by atoms with van der Waals surface area (Å²) in [7, 11) is 1.53. The summed E-state index contributed by atoms with van der Waals surface area (Å²) in [4.78, 5) is 0.435. The summed E-state index contributed by atoms with van der Waals surface area (Å²) >= 11 is 0.710. The minimum absolute atomic E-state index is 0.0353. The van der Waals surface area contributed by atoms with Gasteiger partial charge in [-0.3, -0.25) is 0 Å². The molecule has 2 N–H and O–H groups in total. The van der Waals surface area contributed by atoms with E-state index < -0.39 is 0 Å². The Labute approximate surface area is 136 Å². The molecule has 0 heterocycles. The van der Waals surface area contributed by atoms with Gasteiger partial charge in [0.05, 0.1) is 16.9 Å². The second-order valence-electron chi connectivity index (χ2n) is 4.68. The largest absolute Gasteiger partial charge is 0.505 e. The molecule has 0 saturated heterocycles. The van der Waals surface area contributed by atoms with Crippen LogP contribution in [0.4, 0.5) is 5.69 Å². The fraction of sp³-hybridized carbons (Fsp3) is 0.286. The molecule has 0 aliphatic rings. The van der Waals surface area contributed by atoms with Crippen LogP contribution in [0.1, 0.15) is 11.1 Å². The summed E-state index contributed by atoms with van der Waals surface area (Å²) in [5.41, 5.74) is 2.34. The lowest BCUT2D eigenvalue weighted by molar-refractivity contribution is -0.432. The van der Waals surface area contributed by atoms with Crippen LogP contribution in [0.25, 0.3) is 10.8 Å². The maximum absolute atomic E-state index is 10.5. The van der Waals surface area contributed by atoms with E-state index in [0.29, 0.717) is 22.3 Å². The molecule has 2 aromatic carbocycles. The lowest BCUT2D eigenvalue weighted by atomic mass is 10.0. The molecule has 2 aromatic rings. The van der Waals surface area contributed by atoms with E-state index in [1.165, 1.54) is 7.05 Å². The molecule has 0 spiro atoms. The molecule has 0 fully saturated rings. The van der Waals surface area contributed by atoms with E-state index >= 15 is 0 Å². The van der Waals surface area contributed by atoms with Gasteiger partial charge < -0.3 is 5.11 Å². The molecule has 23 heavy (non-hydrogen) atoms. The second kappa shape index (κ2) is 7.97. The van der Waals surface area contributed by atoms with Crippen molar-refractivity contribution in [1.29, 1.82) is 0 Å². The van der Waals surface area contributed by atoms with Crippen molar-refractivity contribution in [2.75, 3.05) is 13.7 Å². The van der Waals surface area contributed by atoms with Crippen LogP contribution in [0.3, 0.4) is 0 Å². The Balaban J connectivity index is 2.57. The third-order valence-corrected chi connectivity index (χ3v) is 3.88. The van der Waals surface area contributed by atoms with E-state index in [-0.39, 0.29) is 18.1 Å². The predicted molar refractivity (Wildman–Crippen MR) is 85.9 cm³/mol. The van der Waals surface area contributed by atoms with E-state index in [4.69, 9.17) is 5.26 Å². The number of hydrogen-bond acceptors (Lipinski definition) is 9. The fourth-order valence-electron chi connectivity index (χ4n) is 2.02. The SMILES string of the molecule is CN=NCN=Nc1c(SOOO)cc2cc(C)c(C)cc2c1O. The van der Waals surface area contributed by atoms with Gasteiger partial charge in [0.25, 0.3) is 0 Å². The summed E-state index contributed by atoms with van der Waals surface area (Å²) in [5, 5.41) is 39.0. The quantitative estimate of drug-likeness (QED) is 0.343. The maximum Gasteiger partial charge on any atom is 0.171 e. The van der Waals surface area contributed by atoms with Gasteiger partial charge in [0.1, 0.15) is 5.69 Å². The smallest absolute Gasteiger partial charge is 0.171 e. The lowest BCUT2D eigenvalue weighted by Gasteiger charge is -2.11. The first-order valence-electron chi connectivity index (χ1n) is 6.63. The maximum atomic E-state index is 10.5. The molecule has 0 saturated carbocycles. The zero-order valence-electron chi connectivity index (χ0n) is 12.8. The van der Waals surface area contributed by atoms with E-state index in [9.17, 15) is 5.11 Å². The van der Waals surface area contributed by atoms with Gasteiger partial charge in [0, 0.05) is 12.4 Å².